The van der Waals surface area contributed by atoms with E-state index >= 15 is 0 Å². The van der Waals surface area contributed by atoms with Gasteiger partial charge in [0.25, 0.3) is 0 Å². The lowest BCUT2D eigenvalue weighted by Gasteiger charge is -2.25. The number of hydrogen-bond acceptors (Lipinski definition) is 3. The minimum Gasteiger partial charge on any atom is -0.325 e. The Kier molecular flexibility index (Phi) is 5.91. The van der Waals surface area contributed by atoms with E-state index in [1.807, 2.05) is 38.1 Å². The third-order valence-electron chi connectivity index (χ3n) is 3.95. The second kappa shape index (κ2) is 8.11. The second-order valence-electron chi connectivity index (χ2n) is 5.78. The summed E-state index contributed by atoms with van der Waals surface area (Å²) in [6.07, 6.45) is 0.776. The van der Waals surface area contributed by atoms with Crippen LogP contribution in [0.2, 0.25) is 0 Å². The molecule has 0 heterocycles. The molecule has 0 radical (unpaired) electrons. The SMILES string of the molecule is CCc1cccc(C)c1N(CC(=O)Nc1ccc(C#N)cc1)C(C)=O. The second-order valence-corrected chi connectivity index (χ2v) is 5.78. The van der Waals surface area contributed by atoms with Gasteiger partial charge in [0.05, 0.1) is 17.3 Å². The van der Waals surface area contributed by atoms with Crippen molar-refractivity contribution in [2.24, 2.45) is 0 Å². The van der Waals surface area contributed by atoms with E-state index in [1.54, 1.807) is 24.3 Å². The quantitative estimate of drug-likeness (QED) is 0.910. The molecule has 0 saturated carbocycles. The van der Waals surface area contributed by atoms with Crippen molar-refractivity contribution in [2.75, 3.05) is 16.8 Å². The fourth-order valence-corrected chi connectivity index (χ4v) is 2.71. The molecule has 0 unspecified atom stereocenters. The fourth-order valence-electron chi connectivity index (χ4n) is 2.71. The number of para-hydroxylation sites is 1. The van der Waals surface area contributed by atoms with Gasteiger partial charge in [-0.3, -0.25) is 9.59 Å². The average molecular weight is 335 g/mol. The number of nitrogens with one attached hydrogen (secondary N) is 1. The van der Waals surface area contributed by atoms with Crippen LogP contribution in [0.1, 0.15) is 30.5 Å². The van der Waals surface area contributed by atoms with Gasteiger partial charge in [-0.2, -0.15) is 5.26 Å². The van der Waals surface area contributed by atoms with E-state index in [0.717, 1.165) is 23.2 Å². The summed E-state index contributed by atoms with van der Waals surface area (Å²) in [5.41, 5.74) is 3.90. The number of amides is 2. The summed E-state index contributed by atoms with van der Waals surface area (Å²) in [4.78, 5) is 26.0. The Morgan fingerprint density at radius 1 is 1.16 bits per heavy atom. The summed E-state index contributed by atoms with van der Waals surface area (Å²) in [6.45, 7) is 5.35. The zero-order chi connectivity index (χ0) is 18.4. The molecule has 0 aromatic heterocycles. The first-order valence-electron chi connectivity index (χ1n) is 8.12. The molecule has 5 nitrogen and oxygen atoms in total. The van der Waals surface area contributed by atoms with Gasteiger partial charge in [0.15, 0.2) is 0 Å². The zero-order valence-corrected chi connectivity index (χ0v) is 14.7. The highest BCUT2D eigenvalue weighted by Gasteiger charge is 2.20. The molecule has 128 valence electrons. The van der Waals surface area contributed by atoms with Crippen molar-refractivity contribution in [2.45, 2.75) is 27.2 Å². The minimum absolute atomic E-state index is 0.0623. The van der Waals surface area contributed by atoms with Crippen molar-refractivity contribution in [3.8, 4) is 6.07 Å². The van der Waals surface area contributed by atoms with Gasteiger partial charge < -0.3 is 10.2 Å². The number of nitrogens with zero attached hydrogens (tertiary/aromatic N) is 2. The van der Waals surface area contributed by atoms with Crippen molar-refractivity contribution >= 4 is 23.2 Å². The first kappa shape index (κ1) is 18.2. The van der Waals surface area contributed by atoms with Crippen LogP contribution in [-0.2, 0) is 16.0 Å². The summed E-state index contributed by atoms with van der Waals surface area (Å²) < 4.78 is 0. The summed E-state index contributed by atoms with van der Waals surface area (Å²) >= 11 is 0. The van der Waals surface area contributed by atoms with Gasteiger partial charge >= 0.3 is 0 Å². The molecule has 0 fully saturated rings. The molecule has 0 spiro atoms. The van der Waals surface area contributed by atoms with Crippen LogP contribution < -0.4 is 10.2 Å². The standard InChI is InChI=1S/C20H21N3O2/c1-4-17-7-5-6-14(2)20(17)23(15(3)24)13-19(25)22-18-10-8-16(12-21)9-11-18/h5-11H,4,13H2,1-3H3,(H,22,25). The van der Waals surface area contributed by atoms with Gasteiger partial charge in [-0.05, 0) is 48.7 Å². The number of carbonyl (C=O) groups excluding carboxylic acids is 2. The molecule has 0 aliphatic heterocycles. The number of rotatable bonds is 5. The van der Waals surface area contributed by atoms with Crippen molar-refractivity contribution in [3.63, 3.8) is 0 Å². The number of nitriles is 1. The lowest BCUT2D eigenvalue weighted by molar-refractivity contribution is -0.120. The Labute approximate surface area is 147 Å². The third kappa shape index (κ3) is 4.45. The summed E-state index contributed by atoms with van der Waals surface area (Å²) in [6, 6.07) is 14.5. The lowest BCUT2D eigenvalue weighted by Crippen LogP contribution is -2.37. The molecular weight excluding hydrogens is 314 g/mol. The van der Waals surface area contributed by atoms with Crippen LogP contribution in [0.3, 0.4) is 0 Å². The number of anilines is 2. The largest absolute Gasteiger partial charge is 0.325 e. The Morgan fingerprint density at radius 3 is 2.40 bits per heavy atom. The predicted octanol–water partition coefficient (Wildman–Crippen LogP) is 3.42. The Morgan fingerprint density at radius 2 is 1.84 bits per heavy atom. The summed E-state index contributed by atoms with van der Waals surface area (Å²) in [5.74, 6) is -0.468. The maximum Gasteiger partial charge on any atom is 0.244 e. The Balaban J connectivity index is 2.20. The predicted molar refractivity (Wildman–Crippen MR) is 98.4 cm³/mol. The lowest BCUT2D eigenvalue weighted by atomic mass is 10.0. The number of hydrogen-bond donors (Lipinski definition) is 1. The van der Waals surface area contributed by atoms with Crippen LogP contribution in [0.4, 0.5) is 11.4 Å². The number of aryl methyl sites for hydroxylation is 2. The smallest absolute Gasteiger partial charge is 0.244 e. The Bertz CT molecular complexity index is 820. The molecule has 0 aliphatic rings. The van der Waals surface area contributed by atoms with Crippen LogP contribution >= 0.6 is 0 Å². The van der Waals surface area contributed by atoms with E-state index in [2.05, 4.69) is 5.32 Å². The van der Waals surface area contributed by atoms with Crippen LogP contribution in [0, 0.1) is 18.3 Å². The Hall–Kier alpha value is -3.13. The summed E-state index contributed by atoms with van der Waals surface area (Å²) in [5, 5.41) is 11.6. The van der Waals surface area contributed by atoms with Crippen molar-refractivity contribution in [1.82, 2.24) is 0 Å². The monoisotopic (exact) mass is 335 g/mol. The van der Waals surface area contributed by atoms with Crippen LogP contribution in [0.25, 0.3) is 0 Å². The van der Waals surface area contributed by atoms with Crippen molar-refractivity contribution in [3.05, 3.63) is 59.2 Å². The molecule has 0 saturated heterocycles. The van der Waals surface area contributed by atoms with E-state index in [4.69, 9.17) is 5.26 Å². The van der Waals surface area contributed by atoms with Crippen molar-refractivity contribution < 1.29 is 9.59 Å². The molecule has 1 N–H and O–H groups in total. The van der Waals surface area contributed by atoms with E-state index in [1.165, 1.54) is 11.8 Å². The molecule has 2 amide bonds. The maximum absolute atomic E-state index is 12.4. The normalized spacial score (nSPS) is 10.0. The first-order valence-corrected chi connectivity index (χ1v) is 8.12. The molecule has 2 aromatic rings. The first-order chi connectivity index (χ1) is 12.0. The van der Waals surface area contributed by atoms with Crippen molar-refractivity contribution in [1.29, 1.82) is 5.26 Å². The third-order valence-corrected chi connectivity index (χ3v) is 3.95. The average Bonchev–Trinajstić information content (AvgIpc) is 2.60. The number of benzene rings is 2. The van der Waals surface area contributed by atoms with Crippen LogP contribution in [-0.4, -0.2) is 18.4 Å². The van der Waals surface area contributed by atoms with Crippen LogP contribution in [0.15, 0.2) is 42.5 Å². The van der Waals surface area contributed by atoms with Gasteiger partial charge in [0.2, 0.25) is 11.8 Å². The highest BCUT2D eigenvalue weighted by atomic mass is 16.2. The van der Waals surface area contributed by atoms with E-state index in [-0.39, 0.29) is 18.4 Å². The van der Waals surface area contributed by atoms with Gasteiger partial charge in [-0.15, -0.1) is 0 Å². The van der Waals surface area contributed by atoms with E-state index < -0.39 is 0 Å². The topological polar surface area (TPSA) is 73.2 Å². The molecule has 2 aromatic carbocycles. The molecule has 0 bridgehead atoms. The molecule has 0 aliphatic carbocycles. The number of carbonyl (C=O) groups is 2. The molecule has 2 rings (SSSR count). The van der Waals surface area contributed by atoms with Gasteiger partial charge in [-0.25, -0.2) is 0 Å². The molecule has 5 heteroatoms. The highest BCUT2D eigenvalue weighted by Crippen LogP contribution is 2.26. The van der Waals surface area contributed by atoms with E-state index in [0.29, 0.717) is 11.3 Å². The van der Waals surface area contributed by atoms with Crippen LogP contribution in [0.5, 0.6) is 0 Å². The fraction of sp³-hybridized carbons (Fsp3) is 0.250. The molecule has 25 heavy (non-hydrogen) atoms. The molecule has 0 atom stereocenters. The maximum atomic E-state index is 12.4. The van der Waals surface area contributed by atoms with Gasteiger partial charge in [-0.1, -0.05) is 25.1 Å². The van der Waals surface area contributed by atoms with Gasteiger partial charge in [0.1, 0.15) is 6.54 Å². The van der Waals surface area contributed by atoms with Gasteiger partial charge in [0, 0.05) is 12.6 Å². The zero-order valence-electron chi connectivity index (χ0n) is 14.7. The molecular formula is C20H21N3O2. The van der Waals surface area contributed by atoms with E-state index in [9.17, 15) is 9.59 Å². The summed E-state index contributed by atoms with van der Waals surface area (Å²) in [7, 11) is 0. The highest BCUT2D eigenvalue weighted by molar-refractivity contribution is 6.02. The minimum atomic E-state index is -0.287.